The van der Waals surface area contributed by atoms with Gasteiger partial charge in [0.15, 0.2) is 6.61 Å². The van der Waals surface area contributed by atoms with Crippen LogP contribution in [0.1, 0.15) is 25.8 Å². The summed E-state index contributed by atoms with van der Waals surface area (Å²) >= 11 is 6.05. The van der Waals surface area contributed by atoms with Gasteiger partial charge in [-0.1, -0.05) is 42.8 Å². The van der Waals surface area contributed by atoms with Crippen LogP contribution >= 0.6 is 11.6 Å². The van der Waals surface area contributed by atoms with Crippen LogP contribution in [0.25, 0.3) is 0 Å². The van der Waals surface area contributed by atoms with Crippen molar-refractivity contribution >= 4 is 23.4 Å². The Morgan fingerprint density at radius 1 is 1.18 bits per heavy atom. The summed E-state index contributed by atoms with van der Waals surface area (Å²) in [6, 6.07) is 11.9. The van der Waals surface area contributed by atoms with E-state index in [1.807, 2.05) is 6.92 Å². The van der Waals surface area contributed by atoms with Crippen molar-refractivity contribution < 1.29 is 18.7 Å². The lowest BCUT2D eigenvalue weighted by atomic mass is 10.1. The second-order valence-corrected chi connectivity index (χ2v) is 6.74. The fourth-order valence-corrected chi connectivity index (χ4v) is 2.74. The molecule has 5 nitrogen and oxygen atoms in total. The number of para-hydroxylation sites is 1. The summed E-state index contributed by atoms with van der Waals surface area (Å²) in [6.45, 7) is 4.02. The molecule has 0 saturated heterocycles. The molecule has 1 atom stereocenters. The van der Waals surface area contributed by atoms with Crippen molar-refractivity contribution in [2.45, 2.75) is 32.9 Å². The summed E-state index contributed by atoms with van der Waals surface area (Å²) in [5.41, 5.74) is 0.711. The molecule has 2 rings (SSSR count). The minimum atomic E-state index is -0.709. The minimum absolute atomic E-state index is 0.158. The molecule has 2 amide bonds. The molecule has 0 aliphatic heterocycles. The molecule has 28 heavy (non-hydrogen) atoms. The smallest absolute Gasteiger partial charge is 0.261 e. The van der Waals surface area contributed by atoms with Gasteiger partial charge in [-0.25, -0.2) is 4.39 Å². The molecule has 0 aliphatic carbocycles. The zero-order valence-corrected chi connectivity index (χ0v) is 16.7. The largest absolute Gasteiger partial charge is 0.482 e. The van der Waals surface area contributed by atoms with Crippen LogP contribution in [-0.2, 0) is 16.1 Å². The van der Waals surface area contributed by atoms with Gasteiger partial charge in [-0.05, 0) is 43.2 Å². The third kappa shape index (κ3) is 6.23. The minimum Gasteiger partial charge on any atom is -0.482 e. The molecular formula is C21H24ClFN2O3. The zero-order valence-electron chi connectivity index (χ0n) is 16.0. The summed E-state index contributed by atoms with van der Waals surface area (Å²) < 4.78 is 18.7. The number of benzene rings is 2. The molecule has 2 aromatic carbocycles. The number of carbonyl (C=O) groups is 2. The van der Waals surface area contributed by atoms with E-state index in [0.717, 1.165) is 6.42 Å². The first-order valence-corrected chi connectivity index (χ1v) is 9.49. The molecule has 0 aliphatic rings. The number of carbonyl (C=O) groups excluding carboxylic acids is 2. The Balaban J connectivity index is 2.13. The number of hydrogen-bond donors (Lipinski definition) is 1. The molecule has 7 heteroatoms. The van der Waals surface area contributed by atoms with Crippen LogP contribution in [0.2, 0.25) is 5.02 Å². The predicted octanol–water partition coefficient (Wildman–Crippen LogP) is 3.80. The maximum absolute atomic E-state index is 13.2. The first-order valence-electron chi connectivity index (χ1n) is 9.11. The van der Waals surface area contributed by atoms with Crippen LogP contribution < -0.4 is 10.1 Å². The average molecular weight is 407 g/mol. The lowest BCUT2D eigenvalue weighted by Gasteiger charge is -2.28. The van der Waals surface area contributed by atoms with Crippen LogP contribution in [0, 0.1) is 5.82 Å². The number of halogens is 2. The number of amides is 2. The molecule has 150 valence electrons. The Morgan fingerprint density at radius 2 is 1.86 bits per heavy atom. The Kier molecular flexibility index (Phi) is 8.26. The number of ether oxygens (including phenoxy) is 1. The Labute approximate surface area is 169 Å². The van der Waals surface area contributed by atoms with Crippen molar-refractivity contribution in [3.63, 3.8) is 0 Å². The van der Waals surface area contributed by atoms with Crippen molar-refractivity contribution in [3.05, 3.63) is 64.9 Å². The monoisotopic (exact) mass is 406 g/mol. The van der Waals surface area contributed by atoms with E-state index in [1.54, 1.807) is 43.3 Å². The third-order valence-corrected chi connectivity index (χ3v) is 4.48. The highest BCUT2D eigenvalue weighted by Crippen LogP contribution is 2.23. The third-order valence-electron chi connectivity index (χ3n) is 4.17. The number of hydrogen-bond acceptors (Lipinski definition) is 3. The molecule has 0 aromatic heterocycles. The van der Waals surface area contributed by atoms with E-state index < -0.39 is 6.04 Å². The van der Waals surface area contributed by atoms with E-state index >= 15 is 0 Å². The summed E-state index contributed by atoms with van der Waals surface area (Å²) in [4.78, 5) is 26.6. The fraction of sp³-hybridized carbons (Fsp3) is 0.333. The first kappa shape index (κ1) is 21.7. The summed E-state index contributed by atoms with van der Waals surface area (Å²) in [5, 5.41) is 3.19. The fourth-order valence-electron chi connectivity index (χ4n) is 2.55. The summed E-state index contributed by atoms with van der Waals surface area (Å²) in [6.07, 6.45) is 0.792. The number of nitrogens with zero attached hydrogens (tertiary/aromatic N) is 1. The van der Waals surface area contributed by atoms with E-state index in [9.17, 15) is 14.0 Å². The highest BCUT2D eigenvalue weighted by Gasteiger charge is 2.26. The summed E-state index contributed by atoms with van der Waals surface area (Å²) in [7, 11) is 0. The van der Waals surface area contributed by atoms with Gasteiger partial charge in [0.05, 0.1) is 5.02 Å². The van der Waals surface area contributed by atoms with E-state index in [0.29, 0.717) is 22.9 Å². The van der Waals surface area contributed by atoms with E-state index in [2.05, 4.69) is 5.32 Å². The van der Waals surface area contributed by atoms with Gasteiger partial charge in [0, 0.05) is 13.1 Å². The van der Waals surface area contributed by atoms with E-state index in [-0.39, 0.29) is 30.8 Å². The van der Waals surface area contributed by atoms with Gasteiger partial charge < -0.3 is 15.0 Å². The van der Waals surface area contributed by atoms with Gasteiger partial charge in [0.2, 0.25) is 5.91 Å². The van der Waals surface area contributed by atoms with Crippen molar-refractivity contribution in [1.82, 2.24) is 10.2 Å². The molecule has 0 fully saturated rings. The second-order valence-electron chi connectivity index (χ2n) is 6.33. The van der Waals surface area contributed by atoms with Crippen LogP contribution in [0.5, 0.6) is 5.75 Å². The van der Waals surface area contributed by atoms with Crippen molar-refractivity contribution in [3.8, 4) is 5.75 Å². The first-order chi connectivity index (χ1) is 13.4. The normalized spacial score (nSPS) is 11.6. The van der Waals surface area contributed by atoms with Gasteiger partial charge in [-0.2, -0.15) is 0 Å². The molecular weight excluding hydrogens is 383 g/mol. The van der Waals surface area contributed by atoms with Gasteiger partial charge in [-0.3, -0.25) is 9.59 Å². The van der Waals surface area contributed by atoms with Gasteiger partial charge in [0.1, 0.15) is 17.6 Å². The van der Waals surface area contributed by atoms with Crippen molar-refractivity contribution in [2.24, 2.45) is 0 Å². The van der Waals surface area contributed by atoms with Crippen LogP contribution in [0.3, 0.4) is 0 Å². The quantitative estimate of drug-likeness (QED) is 0.689. The Hall–Kier alpha value is -2.60. The van der Waals surface area contributed by atoms with E-state index in [4.69, 9.17) is 16.3 Å². The van der Waals surface area contributed by atoms with Gasteiger partial charge >= 0.3 is 0 Å². The maximum Gasteiger partial charge on any atom is 0.261 e. The van der Waals surface area contributed by atoms with E-state index in [1.165, 1.54) is 17.0 Å². The topological polar surface area (TPSA) is 58.6 Å². The number of nitrogens with one attached hydrogen (secondary N) is 1. The molecule has 0 radical (unpaired) electrons. The van der Waals surface area contributed by atoms with Crippen molar-refractivity contribution in [1.29, 1.82) is 0 Å². The molecule has 1 N–H and O–H groups in total. The van der Waals surface area contributed by atoms with Crippen LogP contribution in [-0.4, -0.2) is 35.9 Å². The van der Waals surface area contributed by atoms with Crippen LogP contribution in [0.4, 0.5) is 4.39 Å². The Morgan fingerprint density at radius 3 is 2.50 bits per heavy atom. The predicted molar refractivity (Wildman–Crippen MR) is 107 cm³/mol. The standard InChI is InChI=1S/C21H24ClFN2O3/c1-3-12-24-21(27)15(2)25(13-16-8-10-17(23)11-9-16)20(26)14-28-19-7-5-4-6-18(19)22/h4-11,15H,3,12-14H2,1-2H3,(H,24,27)/t15-/m1/s1. The molecule has 0 heterocycles. The van der Waals surface area contributed by atoms with Crippen LogP contribution in [0.15, 0.2) is 48.5 Å². The molecule has 0 bridgehead atoms. The second kappa shape index (κ2) is 10.7. The van der Waals surface area contributed by atoms with Crippen molar-refractivity contribution in [2.75, 3.05) is 13.2 Å². The SMILES string of the molecule is CCCNC(=O)[C@@H](C)N(Cc1ccc(F)cc1)C(=O)COc1ccccc1Cl. The molecule has 0 unspecified atom stereocenters. The molecule has 0 saturated carbocycles. The molecule has 0 spiro atoms. The number of rotatable bonds is 9. The lowest BCUT2D eigenvalue weighted by Crippen LogP contribution is -2.49. The maximum atomic E-state index is 13.2. The van der Waals surface area contributed by atoms with Gasteiger partial charge in [0.25, 0.3) is 5.91 Å². The lowest BCUT2D eigenvalue weighted by molar-refractivity contribution is -0.142. The van der Waals surface area contributed by atoms with Gasteiger partial charge in [-0.15, -0.1) is 0 Å². The summed E-state index contributed by atoms with van der Waals surface area (Å²) in [5.74, 6) is -0.599. The molecule has 2 aromatic rings. The Bertz CT molecular complexity index is 798. The highest BCUT2D eigenvalue weighted by atomic mass is 35.5. The average Bonchev–Trinajstić information content (AvgIpc) is 2.70. The highest BCUT2D eigenvalue weighted by molar-refractivity contribution is 6.32. The zero-order chi connectivity index (χ0) is 20.5.